The van der Waals surface area contributed by atoms with Crippen LogP contribution in [-0.2, 0) is 87.5 Å². The summed E-state index contributed by atoms with van der Waals surface area (Å²) in [6.45, 7) is 15.6. The van der Waals surface area contributed by atoms with E-state index < -0.39 is 111 Å². The normalized spacial score (nSPS) is 28.5. The van der Waals surface area contributed by atoms with Crippen molar-refractivity contribution in [2.24, 2.45) is 0 Å². The highest BCUT2D eigenvalue weighted by atomic mass is 16.5. The number of nitrogens with zero attached hydrogens (tertiary/aromatic N) is 9. The number of benzene rings is 6. The monoisotopic (exact) mass is 1400 g/mol. The molecule has 6 aromatic carbocycles. The van der Waals surface area contributed by atoms with E-state index in [4.69, 9.17) is 49.0 Å². The zero-order chi connectivity index (χ0) is 84.5. The molecule has 6 fully saturated rings. The lowest BCUT2D eigenvalue weighted by Crippen LogP contribution is -2.50. The molecule has 9 aliphatic heterocycles. The fourth-order valence-electron chi connectivity index (χ4n) is 12.6. The standard InChI is InChI=1S/3C27H31N3O4/c3*1-19-6-11-24(27(32)28(19)2)30-17-23-22(26(30)31)4-3-5-25(23)34-18-21-9-7-20(8-10-21)16-29-12-14-33-15-13-29/h3*3-5,7-10,24H,1,6,11-18H2,2H3/t2*24-;/m10./s1/i3*6D2,17D2,24D. The second-order valence-electron chi connectivity index (χ2n) is 25.6. The zero-order valence-electron chi connectivity index (χ0n) is 72.5. The molecular weight excluding hydrogens is 1290 g/mol. The quantitative estimate of drug-likeness (QED) is 0.0791. The molecule has 0 saturated carbocycles. The Morgan fingerprint density at radius 1 is 0.382 bits per heavy atom. The predicted molar refractivity (Wildman–Crippen MR) is 384 cm³/mol. The first-order valence-corrected chi connectivity index (χ1v) is 34.0. The second-order valence-corrected chi connectivity index (χ2v) is 25.6. The molecule has 1 unspecified atom stereocenters. The van der Waals surface area contributed by atoms with Gasteiger partial charge >= 0.3 is 0 Å². The Balaban J connectivity index is 0.000000152. The van der Waals surface area contributed by atoms with Crippen molar-refractivity contribution in [1.29, 1.82) is 0 Å². The van der Waals surface area contributed by atoms with Crippen LogP contribution in [0.5, 0.6) is 17.2 Å². The number of likely N-dealkylation sites (tertiary alicyclic amines) is 3. The lowest BCUT2D eigenvalue weighted by Gasteiger charge is -2.35. The highest BCUT2D eigenvalue weighted by Gasteiger charge is 2.44. The van der Waals surface area contributed by atoms with Gasteiger partial charge in [0.25, 0.3) is 17.7 Å². The van der Waals surface area contributed by atoms with E-state index in [0.717, 1.165) is 147 Å². The molecule has 6 saturated heterocycles. The van der Waals surface area contributed by atoms with Crippen molar-refractivity contribution >= 4 is 35.4 Å². The molecule has 21 heteroatoms. The Labute approximate surface area is 619 Å². The average molecular weight is 1400 g/mol. The summed E-state index contributed by atoms with van der Waals surface area (Å²) < 4.78 is 164. The molecule has 534 valence electrons. The van der Waals surface area contributed by atoms with E-state index >= 15 is 0 Å². The minimum absolute atomic E-state index is 0.0228. The summed E-state index contributed by atoms with van der Waals surface area (Å²) in [7, 11) is 3.82. The highest BCUT2D eigenvalue weighted by molar-refractivity contribution is 6.04. The summed E-state index contributed by atoms with van der Waals surface area (Å²) in [6.07, 6.45) is -8.80. The Morgan fingerprint density at radius 3 is 0.882 bits per heavy atom. The third-order valence-electron chi connectivity index (χ3n) is 18.9. The van der Waals surface area contributed by atoms with Gasteiger partial charge in [0.1, 0.15) is 55.1 Å². The number of hydrogen-bond donors (Lipinski definition) is 0. The number of amides is 6. The second kappa shape index (κ2) is 32.2. The summed E-state index contributed by atoms with van der Waals surface area (Å²) >= 11 is 0. The summed E-state index contributed by atoms with van der Waals surface area (Å²) in [6, 6.07) is 29.8. The largest absolute Gasteiger partial charge is 0.489 e. The number of ether oxygens (including phenoxy) is 6. The number of carbonyl (C=O) groups excluding carboxylic acids is 6. The van der Waals surface area contributed by atoms with Crippen LogP contribution in [0.2, 0.25) is 0 Å². The first-order chi connectivity index (χ1) is 55.1. The van der Waals surface area contributed by atoms with E-state index in [-0.39, 0.29) is 87.5 Å². The maximum atomic E-state index is 13.5. The number of rotatable bonds is 18. The fourth-order valence-corrected chi connectivity index (χ4v) is 12.6. The topological polar surface area (TPSA) is 187 Å². The Bertz CT molecular complexity index is 4420. The molecule has 0 bridgehead atoms. The molecule has 0 spiro atoms. The number of allylic oxidation sites excluding steroid dienone is 3. The summed E-state index contributed by atoms with van der Waals surface area (Å²) in [5.74, 6) is -5.00. The van der Waals surface area contributed by atoms with Crippen molar-refractivity contribution in [3.63, 3.8) is 0 Å². The van der Waals surface area contributed by atoms with Gasteiger partial charge in [-0.2, -0.15) is 0 Å². The molecular formula is C81H93N9O12. The van der Waals surface area contributed by atoms with Crippen molar-refractivity contribution in [3.05, 3.63) is 231 Å². The van der Waals surface area contributed by atoms with Crippen LogP contribution in [0.4, 0.5) is 0 Å². The van der Waals surface area contributed by atoms with Gasteiger partial charge in [-0.25, -0.2) is 0 Å². The molecule has 102 heavy (non-hydrogen) atoms. The lowest BCUT2D eigenvalue weighted by molar-refractivity contribution is -0.135. The predicted octanol–water partition coefficient (Wildman–Crippen LogP) is 9.56. The minimum atomic E-state index is -2.60. The van der Waals surface area contributed by atoms with Gasteiger partial charge < -0.3 is 57.8 Å². The third-order valence-corrected chi connectivity index (χ3v) is 18.9. The molecule has 0 aliphatic carbocycles. The van der Waals surface area contributed by atoms with Crippen molar-refractivity contribution in [3.8, 4) is 17.2 Å². The Hall–Kier alpha value is -9.48. The highest BCUT2D eigenvalue weighted by Crippen LogP contribution is 2.39. The molecule has 9 heterocycles. The summed E-state index contributed by atoms with van der Waals surface area (Å²) in [5, 5.41) is 0. The van der Waals surface area contributed by atoms with Gasteiger partial charge in [-0.1, -0.05) is 111 Å². The molecule has 6 aromatic rings. The summed E-state index contributed by atoms with van der Waals surface area (Å²) in [4.78, 5) is 91.2. The first-order valence-electron chi connectivity index (χ1n) is 41.5. The first kappa shape index (κ1) is 54.2. The van der Waals surface area contributed by atoms with E-state index in [0.29, 0.717) is 14.7 Å². The average Bonchev–Trinajstić information content (AvgIpc) is 1.57. The van der Waals surface area contributed by atoms with Crippen LogP contribution in [0, 0.1) is 0 Å². The zero-order valence-corrected chi connectivity index (χ0v) is 57.5. The Morgan fingerprint density at radius 2 is 0.627 bits per heavy atom. The van der Waals surface area contributed by atoms with Crippen LogP contribution in [0.15, 0.2) is 164 Å². The van der Waals surface area contributed by atoms with Crippen LogP contribution in [-0.4, -0.2) is 198 Å². The van der Waals surface area contributed by atoms with Crippen LogP contribution < -0.4 is 14.2 Å². The molecule has 3 atom stereocenters. The number of piperidine rings is 3. The number of carbonyl (C=O) groups is 6. The van der Waals surface area contributed by atoms with Crippen LogP contribution in [0.1, 0.15) is 140 Å². The van der Waals surface area contributed by atoms with Crippen LogP contribution in [0.3, 0.4) is 0 Å². The fraction of sp³-hybridized carbons (Fsp3) is 0.407. The molecule has 0 radical (unpaired) electrons. The van der Waals surface area contributed by atoms with Crippen molar-refractivity contribution in [2.45, 2.75) is 115 Å². The molecule has 21 nitrogen and oxygen atoms in total. The molecule has 0 aromatic heterocycles. The van der Waals surface area contributed by atoms with Gasteiger partial charge in [0.15, 0.2) is 0 Å². The SMILES string of the molecule is [2H]C1([2H])CC([2H])(N2C(=O)c3cccc(OCc4ccc(CN5CCOCC5)cc4)c3C2([2H])[2H])C(=O)N(C)C1=C.[2H]C1([2H])C[C@@]([2H])(N2C(=O)c3cccc(OCc4ccc(CN5CCOCC5)cc4)c3C2([2H])[2H])C(=O)N(C)C1=C.[2H]C1([2H])C[C@]([2H])(N2C(=O)c3cccc(OCc4ccc(CN5CCOCC5)cc4)c3C2([2H])[2H])C(=O)N(C)C1=C. The van der Waals surface area contributed by atoms with Gasteiger partial charge in [0.05, 0.1) is 71.5 Å². The number of morpholine rings is 3. The van der Waals surface area contributed by atoms with Gasteiger partial charge in [-0.15, -0.1) is 0 Å². The lowest BCUT2D eigenvalue weighted by atomic mass is 10.0. The van der Waals surface area contributed by atoms with Crippen LogP contribution >= 0.6 is 0 Å². The van der Waals surface area contributed by atoms with Gasteiger partial charge in [0, 0.05) is 139 Å². The molecule has 9 aliphatic rings. The number of hydrogen-bond acceptors (Lipinski definition) is 15. The van der Waals surface area contributed by atoms with Crippen molar-refractivity contribution < 1.29 is 77.7 Å². The van der Waals surface area contributed by atoms with E-state index in [1.54, 1.807) is 36.4 Å². The molecule has 15 rings (SSSR count). The smallest absolute Gasteiger partial charge is 0.255 e. The van der Waals surface area contributed by atoms with E-state index in [1.807, 2.05) is 72.8 Å². The third kappa shape index (κ3) is 16.1. The number of fused-ring (bicyclic) bond motifs is 3. The Kier molecular flexibility index (Phi) is 17.1. The van der Waals surface area contributed by atoms with Crippen molar-refractivity contribution in [2.75, 3.05) is 100 Å². The number of likely N-dealkylation sites (N-methyl/N-ethyl adjacent to an activating group) is 3. The van der Waals surface area contributed by atoms with E-state index in [9.17, 15) is 28.8 Å². The summed E-state index contributed by atoms with van der Waals surface area (Å²) in [5.41, 5.74) is 5.32. The van der Waals surface area contributed by atoms with Crippen LogP contribution in [0.25, 0.3) is 0 Å². The molecule has 6 amide bonds. The molecule has 0 N–H and O–H groups in total. The van der Waals surface area contributed by atoms with Crippen molar-refractivity contribution in [1.82, 2.24) is 44.1 Å². The maximum Gasteiger partial charge on any atom is 0.255 e. The van der Waals surface area contributed by atoms with E-state index in [2.05, 4.69) is 34.4 Å². The van der Waals surface area contributed by atoms with Gasteiger partial charge in [-0.05, 0) is 108 Å². The van der Waals surface area contributed by atoms with Gasteiger partial charge in [0.2, 0.25) is 17.7 Å². The maximum absolute atomic E-state index is 13.5. The van der Waals surface area contributed by atoms with E-state index in [1.165, 1.54) is 39.3 Å². The van der Waals surface area contributed by atoms with Gasteiger partial charge in [-0.3, -0.25) is 43.5 Å². The minimum Gasteiger partial charge on any atom is -0.489 e.